The summed E-state index contributed by atoms with van der Waals surface area (Å²) in [6, 6.07) is 22.0. The van der Waals surface area contributed by atoms with E-state index in [1.165, 1.54) is 5.56 Å². The third kappa shape index (κ3) is 1.37. The Morgan fingerprint density at radius 2 is 1.75 bits per heavy atom. The van der Waals surface area contributed by atoms with E-state index in [2.05, 4.69) is 24.3 Å². The van der Waals surface area contributed by atoms with Crippen LogP contribution in [0, 0.1) is 12.1 Å². The highest BCUT2D eigenvalue weighted by Gasteiger charge is 1.92. The first-order chi connectivity index (χ1) is 5.97. The fourth-order valence-electron chi connectivity index (χ4n) is 1.14. The smallest absolute Gasteiger partial charge is 0.00928 e. The quantitative estimate of drug-likeness (QED) is 0.589. The molecule has 0 bridgehead atoms. The lowest BCUT2D eigenvalue weighted by Gasteiger charge is -1.97. The summed E-state index contributed by atoms with van der Waals surface area (Å²) in [5.41, 5.74) is 2.32. The van der Waals surface area contributed by atoms with Gasteiger partial charge in [-0.05, 0) is 29.3 Å². The molecular formula is C12H8. The van der Waals surface area contributed by atoms with E-state index in [1.807, 2.05) is 36.4 Å². The Hall–Kier alpha value is -1.56. The van der Waals surface area contributed by atoms with Crippen LogP contribution in [0.5, 0.6) is 0 Å². The van der Waals surface area contributed by atoms with Gasteiger partial charge in [-0.25, -0.2) is 0 Å². The van der Waals surface area contributed by atoms with Crippen molar-refractivity contribution in [3.8, 4) is 11.1 Å². The standard InChI is InChI=1S/C12H8/c1-3-7-11(8-4-1)12-9-5-2-6-10-12/h1,3-9H. The van der Waals surface area contributed by atoms with Crippen LogP contribution in [-0.2, 0) is 0 Å². The second-order valence-corrected chi connectivity index (χ2v) is 2.57. The number of benzene rings is 2. The summed E-state index contributed by atoms with van der Waals surface area (Å²) in [4.78, 5) is 0. The minimum atomic E-state index is 1.12. The highest BCUT2D eigenvalue weighted by Crippen LogP contribution is 2.16. The van der Waals surface area contributed by atoms with Crippen molar-refractivity contribution in [3.63, 3.8) is 0 Å². The summed E-state index contributed by atoms with van der Waals surface area (Å²) in [6.07, 6.45) is 0. The van der Waals surface area contributed by atoms with E-state index in [1.54, 1.807) is 0 Å². The molecule has 0 aromatic heterocycles. The van der Waals surface area contributed by atoms with Crippen molar-refractivity contribution < 1.29 is 0 Å². The zero-order valence-electron chi connectivity index (χ0n) is 6.62. The van der Waals surface area contributed by atoms with Crippen molar-refractivity contribution in [1.29, 1.82) is 0 Å². The van der Waals surface area contributed by atoms with E-state index >= 15 is 0 Å². The maximum atomic E-state index is 3.13. The van der Waals surface area contributed by atoms with Gasteiger partial charge >= 0.3 is 0 Å². The molecule has 2 radical (unpaired) electrons. The van der Waals surface area contributed by atoms with Crippen molar-refractivity contribution in [2.75, 3.05) is 0 Å². The van der Waals surface area contributed by atoms with Crippen LogP contribution in [0.25, 0.3) is 11.1 Å². The molecule has 2 rings (SSSR count). The van der Waals surface area contributed by atoms with E-state index in [9.17, 15) is 0 Å². The van der Waals surface area contributed by atoms with Crippen LogP contribution in [0.1, 0.15) is 0 Å². The summed E-state index contributed by atoms with van der Waals surface area (Å²) in [5.74, 6) is 0. The predicted octanol–water partition coefficient (Wildman–Crippen LogP) is 2.95. The van der Waals surface area contributed by atoms with Gasteiger partial charge < -0.3 is 0 Å². The molecule has 0 spiro atoms. The average molecular weight is 152 g/mol. The molecule has 0 amide bonds. The van der Waals surface area contributed by atoms with Gasteiger partial charge in [0, 0.05) is 0 Å². The minimum absolute atomic E-state index is 1.12. The van der Waals surface area contributed by atoms with Crippen LogP contribution in [0.15, 0.2) is 48.5 Å². The lowest BCUT2D eigenvalue weighted by molar-refractivity contribution is 1.60. The van der Waals surface area contributed by atoms with Crippen LogP contribution in [-0.4, -0.2) is 0 Å². The molecule has 0 saturated heterocycles. The zero-order chi connectivity index (χ0) is 8.23. The lowest BCUT2D eigenvalue weighted by Crippen LogP contribution is -1.74. The van der Waals surface area contributed by atoms with Crippen molar-refractivity contribution in [1.82, 2.24) is 0 Å². The molecule has 0 atom stereocenters. The summed E-state index contributed by atoms with van der Waals surface area (Å²) >= 11 is 0. The molecule has 12 heavy (non-hydrogen) atoms. The molecule has 0 heterocycles. The minimum Gasteiger partial charge on any atom is -0.0622 e. The largest absolute Gasteiger partial charge is 0.0622 e. The van der Waals surface area contributed by atoms with E-state index < -0.39 is 0 Å². The molecule has 0 saturated carbocycles. The molecule has 0 heteroatoms. The normalized spacial score (nSPS) is 9.67. The maximum Gasteiger partial charge on any atom is -0.00928 e. The third-order valence-corrected chi connectivity index (χ3v) is 1.74. The van der Waals surface area contributed by atoms with Gasteiger partial charge in [0.2, 0.25) is 0 Å². The van der Waals surface area contributed by atoms with Gasteiger partial charge in [0.05, 0.1) is 0 Å². The Bertz CT molecular complexity index is 297. The van der Waals surface area contributed by atoms with E-state index in [-0.39, 0.29) is 0 Å². The van der Waals surface area contributed by atoms with Gasteiger partial charge in [-0.1, -0.05) is 42.5 Å². The van der Waals surface area contributed by atoms with Crippen LogP contribution >= 0.6 is 0 Å². The van der Waals surface area contributed by atoms with E-state index in [0.717, 1.165) is 5.56 Å². The third-order valence-electron chi connectivity index (χ3n) is 1.74. The molecule has 0 fully saturated rings. The molecule has 2 aromatic rings. The number of hydrogen-bond acceptors (Lipinski definition) is 0. The Labute approximate surface area is 72.5 Å². The Morgan fingerprint density at radius 1 is 0.917 bits per heavy atom. The molecular weight excluding hydrogens is 144 g/mol. The van der Waals surface area contributed by atoms with E-state index in [4.69, 9.17) is 0 Å². The SMILES string of the molecule is [c]1c[c]c(-c2ccccc2)cc1. The highest BCUT2D eigenvalue weighted by atomic mass is 14.0. The monoisotopic (exact) mass is 152 g/mol. The second-order valence-electron chi connectivity index (χ2n) is 2.57. The molecule has 0 aliphatic heterocycles. The van der Waals surface area contributed by atoms with Gasteiger partial charge in [-0.15, -0.1) is 0 Å². The first kappa shape index (κ1) is 7.11. The van der Waals surface area contributed by atoms with Gasteiger partial charge in [0.15, 0.2) is 0 Å². The van der Waals surface area contributed by atoms with Gasteiger partial charge in [-0.3, -0.25) is 0 Å². The first-order valence-corrected chi connectivity index (χ1v) is 3.90. The molecule has 0 aliphatic carbocycles. The number of rotatable bonds is 1. The van der Waals surface area contributed by atoms with Crippen LogP contribution in [0.3, 0.4) is 0 Å². The molecule has 0 aliphatic rings. The molecule has 56 valence electrons. The van der Waals surface area contributed by atoms with Crippen LogP contribution in [0.2, 0.25) is 0 Å². The Kier molecular flexibility index (Phi) is 1.91. The van der Waals surface area contributed by atoms with Gasteiger partial charge in [-0.2, -0.15) is 0 Å². The van der Waals surface area contributed by atoms with Crippen LogP contribution < -0.4 is 0 Å². The first-order valence-electron chi connectivity index (χ1n) is 3.90. The molecule has 0 unspecified atom stereocenters. The maximum absolute atomic E-state index is 3.13. The molecule has 0 N–H and O–H groups in total. The Balaban J connectivity index is 2.46. The second kappa shape index (κ2) is 3.22. The van der Waals surface area contributed by atoms with Crippen molar-refractivity contribution in [2.24, 2.45) is 0 Å². The Morgan fingerprint density at radius 3 is 2.42 bits per heavy atom. The molecule has 0 nitrogen and oxygen atoms in total. The summed E-state index contributed by atoms with van der Waals surface area (Å²) < 4.78 is 0. The average Bonchev–Trinajstić information content (AvgIpc) is 2.21. The summed E-state index contributed by atoms with van der Waals surface area (Å²) in [7, 11) is 0. The topological polar surface area (TPSA) is 0 Å². The summed E-state index contributed by atoms with van der Waals surface area (Å²) in [5, 5.41) is 0. The summed E-state index contributed by atoms with van der Waals surface area (Å²) in [6.45, 7) is 0. The molecule has 2 aromatic carbocycles. The lowest BCUT2D eigenvalue weighted by atomic mass is 10.1. The van der Waals surface area contributed by atoms with E-state index in [0.29, 0.717) is 0 Å². The fraction of sp³-hybridized carbons (Fsp3) is 0. The number of hydrogen-bond donors (Lipinski definition) is 0. The van der Waals surface area contributed by atoms with Crippen molar-refractivity contribution in [3.05, 3.63) is 60.7 Å². The highest BCUT2D eigenvalue weighted by molar-refractivity contribution is 5.61. The van der Waals surface area contributed by atoms with Crippen molar-refractivity contribution >= 4 is 0 Å². The van der Waals surface area contributed by atoms with Gasteiger partial charge in [0.1, 0.15) is 0 Å². The predicted molar refractivity (Wildman–Crippen MR) is 49.6 cm³/mol. The van der Waals surface area contributed by atoms with Gasteiger partial charge in [0.25, 0.3) is 0 Å². The van der Waals surface area contributed by atoms with Crippen LogP contribution in [0.4, 0.5) is 0 Å². The van der Waals surface area contributed by atoms with Crippen molar-refractivity contribution in [2.45, 2.75) is 0 Å². The zero-order valence-corrected chi connectivity index (χ0v) is 6.62. The fourth-order valence-corrected chi connectivity index (χ4v) is 1.14.